The number of hydrogen-bond donors (Lipinski definition) is 2. The normalized spacial score (nSPS) is 18.8. The largest absolute Gasteiger partial charge is 0.487 e. The number of pyridine rings is 1. The first-order chi connectivity index (χ1) is 13.8. The van der Waals surface area contributed by atoms with Gasteiger partial charge in [-0.2, -0.15) is 11.8 Å². The third-order valence-corrected chi connectivity index (χ3v) is 5.93. The van der Waals surface area contributed by atoms with Crippen molar-refractivity contribution in [2.75, 3.05) is 12.8 Å². The molecular formula is C22H31IN4OS. The molecule has 1 saturated carbocycles. The lowest BCUT2D eigenvalue weighted by Crippen LogP contribution is -2.42. The van der Waals surface area contributed by atoms with Crippen LogP contribution in [0.25, 0.3) is 0 Å². The molecule has 2 unspecified atom stereocenters. The summed E-state index contributed by atoms with van der Waals surface area (Å²) in [6.45, 7) is 4.05. The van der Waals surface area contributed by atoms with E-state index in [9.17, 15) is 0 Å². The van der Waals surface area contributed by atoms with Gasteiger partial charge in [-0.25, -0.2) is 4.99 Å². The molecular weight excluding hydrogens is 495 g/mol. The van der Waals surface area contributed by atoms with Crippen molar-refractivity contribution in [1.82, 2.24) is 15.6 Å². The molecule has 0 bridgehead atoms. The quantitative estimate of drug-likeness (QED) is 0.299. The number of aliphatic imine (C=N–C) groups is 1. The number of hydrogen-bond acceptors (Lipinski definition) is 4. The number of thioether (sulfide) groups is 1. The molecule has 1 fully saturated rings. The second kappa shape index (κ2) is 13.0. The van der Waals surface area contributed by atoms with Crippen molar-refractivity contribution < 1.29 is 4.74 Å². The summed E-state index contributed by atoms with van der Waals surface area (Å²) in [6.07, 6.45) is 7.70. The molecule has 7 heteroatoms. The van der Waals surface area contributed by atoms with Gasteiger partial charge in [-0.3, -0.25) is 4.98 Å². The van der Waals surface area contributed by atoms with Gasteiger partial charge >= 0.3 is 0 Å². The molecule has 1 aliphatic carbocycles. The minimum atomic E-state index is 0. The van der Waals surface area contributed by atoms with E-state index in [1.165, 1.54) is 19.3 Å². The van der Waals surface area contributed by atoms with Gasteiger partial charge in [0.1, 0.15) is 12.4 Å². The third-order valence-electron chi connectivity index (χ3n) is 4.83. The minimum absolute atomic E-state index is 0. The molecule has 0 saturated heterocycles. The SMILES string of the molecule is CCNC(=NCc1cccc(OCc2ccccn2)c1)NC1CCC(SC)C1.I. The van der Waals surface area contributed by atoms with Crippen molar-refractivity contribution >= 4 is 41.7 Å². The van der Waals surface area contributed by atoms with E-state index in [2.05, 4.69) is 40.9 Å². The van der Waals surface area contributed by atoms with E-state index in [0.717, 1.165) is 34.8 Å². The van der Waals surface area contributed by atoms with Crippen LogP contribution in [0.2, 0.25) is 0 Å². The molecule has 1 aliphatic rings. The summed E-state index contributed by atoms with van der Waals surface area (Å²) in [4.78, 5) is 9.07. The highest BCUT2D eigenvalue weighted by Gasteiger charge is 2.24. The number of benzene rings is 1. The molecule has 0 aliphatic heterocycles. The molecule has 3 rings (SSSR count). The van der Waals surface area contributed by atoms with Crippen molar-refractivity contribution in [2.45, 2.75) is 50.6 Å². The van der Waals surface area contributed by atoms with Gasteiger partial charge in [0.2, 0.25) is 0 Å². The molecule has 1 aromatic carbocycles. The number of rotatable bonds is 8. The highest BCUT2D eigenvalue weighted by molar-refractivity contribution is 14.0. The number of halogens is 1. The first kappa shape index (κ1) is 23.8. The minimum Gasteiger partial charge on any atom is -0.487 e. The maximum atomic E-state index is 5.87. The van der Waals surface area contributed by atoms with Crippen LogP contribution in [0.3, 0.4) is 0 Å². The van der Waals surface area contributed by atoms with Crippen LogP contribution in [-0.2, 0) is 13.2 Å². The fraction of sp³-hybridized carbons (Fsp3) is 0.455. The fourth-order valence-corrected chi connectivity index (χ4v) is 4.14. The molecule has 0 radical (unpaired) electrons. The van der Waals surface area contributed by atoms with E-state index >= 15 is 0 Å². The van der Waals surface area contributed by atoms with Crippen molar-refractivity contribution in [3.05, 3.63) is 59.9 Å². The summed E-state index contributed by atoms with van der Waals surface area (Å²) in [7, 11) is 0. The smallest absolute Gasteiger partial charge is 0.191 e. The maximum Gasteiger partial charge on any atom is 0.191 e. The Morgan fingerprint density at radius 1 is 1.24 bits per heavy atom. The first-order valence-corrected chi connectivity index (χ1v) is 11.2. The van der Waals surface area contributed by atoms with Gasteiger partial charge in [0.05, 0.1) is 12.2 Å². The zero-order chi connectivity index (χ0) is 19.6. The Morgan fingerprint density at radius 3 is 2.86 bits per heavy atom. The van der Waals surface area contributed by atoms with Crippen molar-refractivity contribution in [3.8, 4) is 5.75 Å². The van der Waals surface area contributed by atoms with Gasteiger partial charge in [-0.1, -0.05) is 18.2 Å². The van der Waals surface area contributed by atoms with Gasteiger partial charge < -0.3 is 15.4 Å². The van der Waals surface area contributed by atoms with E-state index in [-0.39, 0.29) is 24.0 Å². The summed E-state index contributed by atoms with van der Waals surface area (Å²) in [5.74, 6) is 1.74. The molecule has 29 heavy (non-hydrogen) atoms. The maximum absolute atomic E-state index is 5.87. The summed E-state index contributed by atoms with van der Waals surface area (Å²) < 4.78 is 5.87. The van der Waals surface area contributed by atoms with E-state index in [0.29, 0.717) is 19.2 Å². The Morgan fingerprint density at radius 2 is 2.14 bits per heavy atom. The fourth-order valence-electron chi connectivity index (χ4n) is 3.34. The lowest BCUT2D eigenvalue weighted by molar-refractivity contribution is 0.301. The Bertz CT molecular complexity index is 759. The molecule has 1 aromatic heterocycles. The lowest BCUT2D eigenvalue weighted by Gasteiger charge is -2.17. The average molecular weight is 526 g/mol. The van der Waals surface area contributed by atoms with Crippen LogP contribution in [0.15, 0.2) is 53.7 Å². The average Bonchev–Trinajstić information content (AvgIpc) is 3.19. The summed E-state index contributed by atoms with van der Waals surface area (Å²) in [5, 5.41) is 7.74. The molecule has 158 valence electrons. The van der Waals surface area contributed by atoms with Crippen LogP contribution >= 0.6 is 35.7 Å². The van der Waals surface area contributed by atoms with Gasteiger partial charge in [-0.15, -0.1) is 24.0 Å². The molecule has 2 N–H and O–H groups in total. The zero-order valence-electron chi connectivity index (χ0n) is 17.1. The van der Waals surface area contributed by atoms with E-state index in [4.69, 9.17) is 9.73 Å². The van der Waals surface area contributed by atoms with Crippen LogP contribution in [0.1, 0.15) is 37.4 Å². The van der Waals surface area contributed by atoms with Crippen LogP contribution in [0.5, 0.6) is 5.75 Å². The molecule has 0 spiro atoms. The Kier molecular flexibility index (Phi) is 10.6. The number of nitrogens with zero attached hydrogens (tertiary/aromatic N) is 2. The van der Waals surface area contributed by atoms with Gasteiger partial charge in [0, 0.05) is 24.0 Å². The van der Waals surface area contributed by atoms with E-state index in [1.54, 1.807) is 6.20 Å². The summed E-state index contributed by atoms with van der Waals surface area (Å²) in [5.41, 5.74) is 2.05. The van der Waals surface area contributed by atoms with Crippen LogP contribution in [0, 0.1) is 0 Å². The Balaban J connectivity index is 0.00000300. The number of guanidine groups is 1. The predicted molar refractivity (Wildman–Crippen MR) is 133 cm³/mol. The van der Waals surface area contributed by atoms with Crippen molar-refractivity contribution in [3.63, 3.8) is 0 Å². The zero-order valence-corrected chi connectivity index (χ0v) is 20.3. The van der Waals surface area contributed by atoms with E-state index in [1.807, 2.05) is 42.1 Å². The molecule has 1 heterocycles. The summed E-state index contributed by atoms with van der Waals surface area (Å²) >= 11 is 1.97. The first-order valence-electron chi connectivity index (χ1n) is 9.96. The molecule has 2 aromatic rings. The van der Waals surface area contributed by atoms with Gasteiger partial charge in [-0.05, 0) is 62.3 Å². The van der Waals surface area contributed by atoms with Gasteiger partial charge in [0.25, 0.3) is 0 Å². The lowest BCUT2D eigenvalue weighted by atomic mass is 10.2. The van der Waals surface area contributed by atoms with E-state index < -0.39 is 0 Å². The van der Waals surface area contributed by atoms with Crippen LogP contribution in [0.4, 0.5) is 0 Å². The second-order valence-electron chi connectivity index (χ2n) is 6.96. The Hall–Kier alpha value is -1.48. The van der Waals surface area contributed by atoms with Crippen LogP contribution in [-0.4, -0.2) is 35.0 Å². The third kappa shape index (κ3) is 8.04. The highest BCUT2D eigenvalue weighted by Crippen LogP contribution is 2.28. The molecule has 0 amide bonds. The topological polar surface area (TPSA) is 58.5 Å². The van der Waals surface area contributed by atoms with Crippen LogP contribution < -0.4 is 15.4 Å². The van der Waals surface area contributed by atoms with Crippen molar-refractivity contribution in [1.29, 1.82) is 0 Å². The number of nitrogens with one attached hydrogen (secondary N) is 2. The predicted octanol–water partition coefficient (Wildman–Crippen LogP) is 4.62. The molecule has 2 atom stereocenters. The van der Waals surface area contributed by atoms with Gasteiger partial charge in [0.15, 0.2) is 5.96 Å². The summed E-state index contributed by atoms with van der Waals surface area (Å²) in [6, 6.07) is 14.5. The molecule has 5 nitrogen and oxygen atoms in total. The Labute approximate surface area is 195 Å². The second-order valence-corrected chi connectivity index (χ2v) is 8.10. The number of ether oxygens (including phenoxy) is 1. The monoisotopic (exact) mass is 526 g/mol. The number of aromatic nitrogens is 1. The standard InChI is InChI=1S/C22H30N4OS.HI/c1-3-23-22(26-18-10-11-21(14-18)28-2)25-15-17-7-6-9-20(13-17)27-16-19-8-4-5-12-24-19;/h4-9,12-13,18,21H,3,10-11,14-16H2,1-2H3,(H2,23,25,26);1H. The van der Waals surface area contributed by atoms with Crippen molar-refractivity contribution in [2.24, 2.45) is 4.99 Å². The highest BCUT2D eigenvalue weighted by atomic mass is 127.